The number of sulfone groups is 1. The third kappa shape index (κ3) is 8.23. The van der Waals surface area contributed by atoms with Crippen molar-refractivity contribution in [2.45, 2.75) is 90.0 Å². The van der Waals surface area contributed by atoms with Crippen molar-refractivity contribution in [2.75, 3.05) is 23.7 Å². The Balaban J connectivity index is 1.44. The molecule has 7 nitrogen and oxygen atoms in total. The summed E-state index contributed by atoms with van der Waals surface area (Å²) in [4.78, 5) is 27.1. The number of ketones is 1. The minimum Gasteiger partial charge on any atom is -0.444 e. The van der Waals surface area contributed by atoms with Gasteiger partial charge in [0.1, 0.15) is 11.4 Å². The van der Waals surface area contributed by atoms with Gasteiger partial charge in [-0.2, -0.15) is 0 Å². The molecule has 8 heteroatoms. The van der Waals surface area contributed by atoms with Crippen molar-refractivity contribution in [1.29, 1.82) is 0 Å². The van der Waals surface area contributed by atoms with E-state index in [-0.39, 0.29) is 40.8 Å². The van der Waals surface area contributed by atoms with Gasteiger partial charge >= 0.3 is 6.09 Å². The summed E-state index contributed by atoms with van der Waals surface area (Å²) < 4.78 is 29.7. The molecule has 1 unspecified atom stereocenters. The Labute approximate surface area is 210 Å². The van der Waals surface area contributed by atoms with Gasteiger partial charge in [-0.05, 0) is 90.3 Å². The van der Waals surface area contributed by atoms with E-state index in [1.165, 1.54) is 0 Å². The first-order valence-corrected chi connectivity index (χ1v) is 14.6. The molecule has 196 valence electrons. The number of carbonyl (C=O) groups excluding carboxylic acids is 2. The molecule has 0 bridgehead atoms. The van der Waals surface area contributed by atoms with Gasteiger partial charge in [0.2, 0.25) is 0 Å². The molecule has 2 aliphatic rings. The van der Waals surface area contributed by atoms with Crippen molar-refractivity contribution >= 4 is 27.4 Å². The summed E-state index contributed by atoms with van der Waals surface area (Å²) in [6.07, 6.45) is 4.10. The van der Waals surface area contributed by atoms with Crippen LogP contribution in [-0.4, -0.2) is 56.0 Å². The lowest BCUT2D eigenvalue weighted by Crippen LogP contribution is -2.40. The normalized spacial score (nSPS) is 23.4. The highest BCUT2D eigenvalue weighted by Gasteiger charge is 2.30. The zero-order valence-electron chi connectivity index (χ0n) is 21.9. The molecule has 2 fully saturated rings. The van der Waals surface area contributed by atoms with E-state index in [4.69, 9.17) is 4.74 Å². The lowest BCUT2D eigenvalue weighted by molar-refractivity contribution is -0.123. The summed E-state index contributed by atoms with van der Waals surface area (Å²) in [5.74, 6) is 0.717. The minimum atomic E-state index is -3.03. The number of benzene rings is 1. The average molecular weight is 507 g/mol. The van der Waals surface area contributed by atoms with Crippen molar-refractivity contribution in [3.8, 4) is 0 Å². The second-order valence-corrected chi connectivity index (χ2v) is 14.1. The zero-order valence-corrected chi connectivity index (χ0v) is 22.7. The standard InChI is InChI=1S/C27H42N2O5S/c1-19(2)35(32,33)18-21-6-10-22(11-7-21)25(30)16-20-8-12-24(13-9-20)29-15-14-23(17-29)28-26(31)34-27(3,4)5/h8-9,12-13,19,21-23H,6-7,10-11,14-18H2,1-5H3,(H,28,31). The van der Waals surface area contributed by atoms with Crippen LogP contribution in [0.25, 0.3) is 0 Å². The molecule has 1 aromatic carbocycles. The lowest BCUT2D eigenvalue weighted by atomic mass is 9.79. The van der Waals surface area contributed by atoms with Crippen LogP contribution < -0.4 is 10.2 Å². The monoisotopic (exact) mass is 506 g/mol. The molecule has 1 saturated heterocycles. The predicted octanol–water partition coefficient (Wildman–Crippen LogP) is 4.53. The van der Waals surface area contributed by atoms with Crippen molar-refractivity contribution in [3.63, 3.8) is 0 Å². The number of ether oxygens (including phenoxy) is 1. The Morgan fingerprint density at radius 3 is 2.26 bits per heavy atom. The maximum atomic E-state index is 12.9. The third-order valence-electron chi connectivity index (χ3n) is 7.08. The molecule has 1 aliphatic heterocycles. The van der Waals surface area contributed by atoms with Crippen molar-refractivity contribution in [2.24, 2.45) is 11.8 Å². The number of hydrogen-bond donors (Lipinski definition) is 1. The van der Waals surface area contributed by atoms with Gasteiger partial charge in [0.25, 0.3) is 0 Å². The van der Waals surface area contributed by atoms with E-state index in [0.717, 1.165) is 56.4 Å². The molecule has 0 radical (unpaired) electrons. The first kappa shape index (κ1) is 27.5. The molecule has 0 spiro atoms. The van der Waals surface area contributed by atoms with E-state index < -0.39 is 15.4 Å². The van der Waals surface area contributed by atoms with Gasteiger partial charge < -0.3 is 15.0 Å². The van der Waals surface area contributed by atoms with Crippen LogP contribution in [0.1, 0.15) is 72.3 Å². The van der Waals surface area contributed by atoms with Gasteiger partial charge in [-0.3, -0.25) is 4.79 Å². The summed E-state index contributed by atoms with van der Waals surface area (Å²) in [5.41, 5.74) is 1.58. The van der Waals surface area contributed by atoms with Gasteiger partial charge in [-0.1, -0.05) is 12.1 Å². The molecule has 1 N–H and O–H groups in total. The number of anilines is 1. The number of nitrogens with one attached hydrogen (secondary N) is 1. The second kappa shape index (κ2) is 11.3. The highest BCUT2D eigenvalue weighted by molar-refractivity contribution is 7.91. The SMILES string of the molecule is CC(C)S(=O)(=O)CC1CCC(C(=O)Cc2ccc(N3CCC(NC(=O)OC(C)(C)C)C3)cc2)CC1. The largest absolute Gasteiger partial charge is 0.444 e. The van der Waals surface area contributed by atoms with Gasteiger partial charge in [0.05, 0.1) is 17.0 Å². The minimum absolute atomic E-state index is 0.0333. The highest BCUT2D eigenvalue weighted by atomic mass is 32.2. The Bertz CT molecular complexity index is 974. The quantitative estimate of drug-likeness (QED) is 0.557. The molecule has 1 amide bonds. The van der Waals surface area contributed by atoms with Gasteiger partial charge in [-0.25, -0.2) is 13.2 Å². The van der Waals surface area contributed by atoms with Crippen LogP contribution in [0.5, 0.6) is 0 Å². The van der Waals surface area contributed by atoms with Crippen molar-refractivity contribution < 1.29 is 22.7 Å². The third-order valence-corrected chi connectivity index (χ3v) is 9.45. The molecule has 1 heterocycles. The van der Waals surface area contributed by atoms with Crippen LogP contribution in [0.3, 0.4) is 0 Å². The van der Waals surface area contributed by atoms with E-state index in [0.29, 0.717) is 6.42 Å². The van der Waals surface area contributed by atoms with Crippen LogP contribution in [0, 0.1) is 11.8 Å². The Hall–Kier alpha value is -2.09. The number of hydrogen-bond acceptors (Lipinski definition) is 6. The van der Waals surface area contributed by atoms with E-state index in [2.05, 4.69) is 10.2 Å². The van der Waals surface area contributed by atoms with Crippen LogP contribution in [-0.2, 0) is 25.8 Å². The summed E-state index contributed by atoms with van der Waals surface area (Å²) in [7, 11) is -3.03. The van der Waals surface area contributed by atoms with E-state index in [9.17, 15) is 18.0 Å². The Morgan fingerprint density at radius 2 is 1.69 bits per heavy atom. The average Bonchev–Trinajstić information content (AvgIpc) is 3.21. The van der Waals surface area contributed by atoms with Gasteiger partial charge in [0.15, 0.2) is 9.84 Å². The zero-order chi connectivity index (χ0) is 25.8. The molecule has 35 heavy (non-hydrogen) atoms. The van der Waals surface area contributed by atoms with E-state index >= 15 is 0 Å². The first-order chi connectivity index (χ1) is 16.3. The Kier molecular flexibility index (Phi) is 8.89. The molecular formula is C27H42N2O5S. The lowest BCUT2D eigenvalue weighted by Gasteiger charge is -2.28. The van der Waals surface area contributed by atoms with Crippen LogP contribution in [0.2, 0.25) is 0 Å². The highest BCUT2D eigenvalue weighted by Crippen LogP contribution is 2.32. The first-order valence-electron chi connectivity index (χ1n) is 12.9. The summed E-state index contributed by atoms with van der Waals surface area (Å²) >= 11 is 0. The number of Topliss-reactive ketones (excluding diaryl/α,β-unsaturated/α-hetero) is 1. The molecule has 1 aromatic rings. The smallest absolute Gasteiger partial charge is 0.407 e. The maximum absolute atomic E-state index is 12.9. The number of rotatable bonds is 8. The number of nitrogens with zero attached hydrogens (tertiary/aromatic N) is 1. The van der Waals surface area contributed by atoms with Gasteiger partial charge in [-0.15, -0.1) is 0 Å². The fourth-order valence-electron chi connectivity index (χ4n) is 4.93. The van der Waals surface area contributed by atoms with E-state index in [1.54, 1.807) is 13.8 Å². The van der Waals surface area contributed by atoms with Gasteiger partial charge in [0, 0.05) is 31.1 Å². The molecular weight excluding hydrogens is 464 g/mol. The molecule has 3 rings (SSSR count). The number of carbonyl (C=O) groups is 2. The molecule has 1 aliphatic carbocycles. The van der Waals surface area contributed by atoms with Crippen LogP contribution in [0.15, 0.2) is 24.3 Å². The molecule has 1 saturated carbocycles. The fraction of sp³-hybridized carbons (Fsp3) is 0.704. The van der Waals surface area contributed by atoms with Crippen molar-refractivity contribution in [1.82, 2.24) is 5.32 Å². The summed E-state index contributed by atoms with van der Waals surface area (Å²) in [5, 5.41) is 2.61. The summed E-state index contributed by atoms with van der Waals surface area (Å²) in [6, 6.07) is 8.18. The molecule has 1 atom stereocenters. The molecule has 0 aromatic heterocycles. The second-order valence-electron chi connectivity index (χ2n) is 11.5. The number of alkyl carbamates (subject to hydrolysis) is 1. The fourth-order valence-corrected chi connectivity index (χ4v) is 6.30. The summed E-state index contributed by atoms with van der Waals surface area (Å²) in [6.45, 7) is 10.6. The van der Waals surface area contributed by atoms with Crippen LogP contribution >= 0.6 is 0 Å². The maximum Gasteiger partial charge on any atom is 0.407 e. The Morgan fingerprint density at radius 1 is 1.06 bits per heavy atom. The van der Waals surface area contributed by atoms with E-state index in [1.807, 2.05) is 45.0 Å². The number of amides is 1. The van der Waals surface area contributed by atoms with Crippen molar-refractivity contribution in [3.05, 3.63) is 29.8 Å². The topological polar surface area (TPSA) is 92.8 Å². The predicted molar refractivity (Wildman–Crippen MR) is 140 cm³/mol. The van der Waals surface area contributed by atoms with Crippen LogP contribution in [0.4, 0.5) is 10.5 Å².